The molecule has 0 N–H and O–H groups in total. The van der Waals surface area contributed by atoms with Gasteiger partial charge in [0.2, 0.25) is 0 Å². The van der Waals surface area contributed by atoms with Crippen molar-refractivity contribution in [1.82, 2.24) is 4.98 Å². The molecule has 92 valence electrons. The molecule has 0 amide bonds. The number of Topliss-reactive ketones (excluding diaryl/α,β-unsaturated/α-hetero) is 1. The van der Waals surface area contributed by atoms with Gasteiger partial charge in [-0.05, 0) is 30.5 Å². The molecule has 1 heterocycles. The fourth-order valence-corrected chi connectivity index (χ4v) is 2.03. The van der Waals surface area contributed by atoms with E-state index in [1.807, 2.05) is 18.2 Å². The number of hydrogen-bond acceptors (Lipinski definition) is 2. The number of rotatable bonds is 5. The lowest BCUT2D eigenvalue weighted by Gasteiger charge is -2.02. The number of benzene rings is 1. The first-order valence-corrected chi connectivity index (χ1v) is 6.33. The molecule has 2 rings (SSSR count). The molecule has 0 saturated carbocycles. The van der Waals surface area contributed by atoms with Gasteiger partial charge in [-0.2, -0.15) is 0 Å². The highest BCUT2D eigenvalue weighted by Crippen LogP contribution is 2.15. The van der Waals surface area contributed by atoms with E-state index in [9.17, 15) is 4.79 Å². The van der Waals surface area contributed by atoms with Crippen LogP contribution in [0.3, 0.4) is 0 Å². The molecule has 2 aromatic rings. The Hall–Kier alpha value is -1.67. The second kappa shape index (κ2) is 6.31. The highest BCUT2D eigenvalue weighted by Gasteiger charge is 2.10. The predicted molar refractivity (Wildman–Crippen MR) is 73.0 cm³/mol. The third kappa shape index (κ3) is 3.41. The molecule has 0 bridgehead atoms. The topological polar surface area (TPSA) is 30.0 Å². The minimum absolute atomic E-state index is 0.0107. The van der Waals surface area contributed by atoms with E-state index < -0.39 is 0 Å². The summed E-state index contributed by atoms with van der Waals surface area (Å²) in [4.78, 5) is 15.9. The molecule has 0 saturated heterocycles. The molecule has 0 aliphatic heterocycles. The van der Waals surface area contributed by atoms with Gasteiger partial charge in [0, 0.05) is 12.6 Å². The fourth-order valence-electron chi connectivity index (χ4n) is 1.81. The molecule has 2 nitrogen and oxygen atoms in total. The number of pyridine rings is 1. The third-order valence-electron chi connectivity index (χ3n) is 2.73. The van der Waals surface area contributed by atoms with E-state index in [1.54, 1.807) is 18.3 Å². The molecule has 0 unspecified atom stereocenters. The molecule has 0 aliphatic rings. The fraction of sp³-hybridized carbons (Fsp3) is 0.200. The largest absolute Gasteiger partial charge is 0.292 e. The Labute approximate surface area is 112 Å². The van der Waals surface area contributed by atoms with Crippen LogP contribution >= 0.6 is 11.6 Å². The summed E-state index contributed by atoms with van der Waals surface area (Å²) in [6.07, 6.45) is 3.79. The zero-order valence-corrected chi connectivity index (χ0v) is 10.7. The molecule has 1 aromatic heterocycles. The van der Waals surface area contributed by atoms with Crippen molar-refractivity contribution >= 4 is 17.4 Å². The Bertz CT molecular complexity index is 525. The number of carbonyl (C=O) groups is 1. The summed E-state index contributed by atoms with van der Waals surface area (Å²) in [6.45, 7) is 0. The third-order valence-corrected chi connectivity index (χ3v) is 3.04. The van der Waals surface area contributed by atoms with Crippen molar-refractivity contribution in [2.75, 3.05) is 0 Å². The molecule has 0 spiro atoms. The highest BCUT2D eigenvalue weighted by atomic mass is 35.5. The normalized spacial score (nSPS) is 10.3. The van der Waals surface area contributed by atoms with Crippen molar-refractivity contribution in [1.29, 1.82) is 0 Å². The Balaban J connectivity index is 1.88. The average Bonchev–Trinajstić information content (AvgIpc) is 2.40. The van der Waals surface area contributed by atoms with Gasteiger partial charge in [0.25, 0.3) is 0 Å². The van der Waals surface area contributed by atoms with Crippen LogP contribution in [-0.2, 0) is 6.42 Å². The summed E-state index contributed by atoms with van der Waals surface area (Å²) in [5.74, 6) is 0.0107. The molecule has 0 atom stereocenters. The maximum Gasteiger partial charge on any atom is 0.182 e. The van der Waals surface area contributed by atoms with Crippen LogP contribution in [0.5, 0.6) is 0 Å². The van der Waals surface area contributed by atoms with E-state index in [-0.39, 0.29) is 5.78 Å². The quantitative estimate of drug-likeness (QED) is 0.762. The van der Waals surface area contributed by atoms with Gasteiger partial charge in [-0.25, -0.2) is 0 Å². The van der Waals surface area contributed by atoms with Crippen LogP contribution in [0.1, 0.15) is 28.9 Å². The standard InChI is InChI=1S/C15H14ClNO/c16-13-9-5-11-17-15(13)14(18)10-4-8-12-6-2-1-3-7-12/h1-3,5-7,9,11H,4,8,10H2. The lowest BCUT2D eigenvalue weighted by Crippen LogP contribution is -2.03. The van der Waals surface area contributed by atoms with E-state index in [0.717, 1.165) is 12.8 Å². The van der Waals surface area contributed by atoms with E-state index in [0.29, 0.717) is 17.1 Å². The Kier molecular flexibility index (Phi) is 4.48. The minimum Gasteiger partial charge on any atom is -0.292 e. The van der Waals surface area contributed by atoms with Crippen molar-refractivity contribution < 1.29 is 4.79 Å². The zero-order valence-electron chi connectivity index (χ0n) is 9.97. The number of aromatic nitrogens is 1. The first-order chi connectivity index (χ1) is 8.77. The van der Waals surface area contributed by atoms with Crippen LogP contribution in [0.25, 0.3) is 0 Å². The van der Waals surface area contributed by atoms with Crippen LogP contribution in [0.15, 0.2) is 48.7 Å². The van der Waals surface area contributed by atoms with Crippen LogP contribution in [-0.4, -0.2) is 10.8 Å². The number of aryl methyl sites for hydroxylation is 1. The number of hydrogen-bond donors (Lipinski definition) is 0. The van der Waals surface area contributed by atoms with Gasteiger partial charge in [0.1, 0.15) is 5.69 Å². The van der Waals surface area contributed by atoms with E-state index in [4.69, 9.17) is 11.6 Å². The van der Waals surface area contributed by atoms with Crippen molar-refractivity contribution in [3.8, 4) is 0 Å². The number of ketones is 1. The minimum atomic E-state index is 0.0107. The lowest BCUT2D eigenvalue weighted by molar-refractivity contribution is 0.0975. The van der Waals surface area contributed by atoms with E-state index in [1.165, 1.54) is 5.56 Å². The van der Waals surface area contributed by atoms with Crippen LogP contribution in [0, 0.1) is 0 Å². The molecule has 0 aliphatic carbocycles. The second-order valence-electron chi connectivity index (χ2n) is 4.10. The summed E-state index contributed by atoms with van der Waals surface area (Å²) in [5.41, 5.74) is 1.63. The van der Waals surface area contributed by atoms with Gasteiger partial charge >= 0.3 is 0 Å². The molecule has 1 aromatic carbocycles. The van der Waals surface area contributed by atoms with Gasteiger partial charge in [0.15, 0.2) is 5.78 Å². The number of nitrogens with zero attached hydrogens (tertiary/aromatic N) is 1. The summed E-state index contributed by atoms with van der Waals surface area (Å²) < 4.78 is 0. The average molecular weight is 260 g/mol. The summed E-state index contributed by atoms with van der Waals surface area (Å²) >= 11 is 5.93. The van der Waals surface area contributed by atoms with Gasteiger partial charge in [-0.15, -0.1) is 0 Å². The molecule has 18 heavy (non-hydrogen) atoms. The summed E-state index contributed by atoms with van der Waals surface area (Å²) in [6, 6.07) is 13.6. The van der Waals surface area contributed by atoms with Gasteiger partial charge in [-0.1, -0.05) is 41.9 Å². The zero-order chi connectivity index (χ0) is 12.8. The van der Waals surface area contributed by atoms with E-state index in [2.05, 4.69) is 17.1 Å². The molecule has 3 heteroatoms. The van der Waals surface area contributed by atoms with Crippen molar-refractivity contribution in [3.05, 3.63) is 64.9 Å². The Morgan fingerprint density at radius 3 is 2.61 bits per heavy atom. The van der Waals surface area contributed by atoms with Crippen LogP contribution in [0.2, 0.25) is 5.02 Å². The maximum absolute atomic E-state index is 11.9. The van der Waals surface area contributed by atoms with Gasteiger partial charge in [0.05, 0.1) is 5.02 Å². The Morgan fingerprint density at radius 2 is 1.89 bits per heavy atom. The number of halogens is 1. The molecule has 0 radical (unpaired) electrons. The lowest BCUT2D eigenvalue weighted by atomic mass is 10.1. The maximum atomic E-state index is 11.9. The van der Waals surface area contributed by atoms with Crippen molar-refractivity contribution in [2.45, 2.75) is 19.3 Å². The predicted octanol–water partition coefficient (Wildman–Crippen LogP) is 3.94. The van der Waals surface area contributed by atoms with Gasteiger partial charge in [-0.3, -0.25) is 9.78 Å². The smallest absolute Gasteiger partial charge is 0.182 e. The van der Waals surface area contributed by atoms with Crippen molar-refractivity contribution in [2.24, 2.45) is 0 Å². The Morgan fingerprint density at radius 1 is 1.11 bits per heavy atom. The van der Waals surface area contributed by atoms with Crippen LogP contribution in [0.4, 0.5) is 0 Å². The first-order valence-electron chi connectivity index (χ1n) is 5.95. The second-order valence-corrected chi connectivity index (χ2v) is 4.50. The van der Waals surface area contributed by atoms with Crippen LogP contribution < -0.4 is 0 Å². The van der Waals surface area contributed by atoms with Gasteiger partial charge < -0.3 is 0 Å². The monoisotopic (exact) mass is 259 g/mol. The SMILES string of the molecule is O=C(CCCc1ccccc1)c1ncccc1Cl. The first kappa shape index (κ1) is 12.8. The van der Waals surface area contributed by atoms with E-state index >= 15 is 0 Å². The number of carbonyl (C=O) groups excluding carboxylic acids is 1. The highest BCUT2D eigenvalue weighted by molar-refractivity contribution is 6.33. The molecular formula is C15H14ClNO. The molecular weight excluding hydrogens is 246 g/mol. The van der Waals surface area contributed by atoms with Crippen molar-refractivity contribution in [3.63, 3.8) is 0 Å². The summed E-state index contributed by atoms with van der Waals surface area (Å²) in [7, 11) is 0. The summed E-state index contributed by atoms with van der Waals surface area (Å²) in [5, 5.41) is 0.433. The molecule has 0 fully saturated rings.